The van der Waals surface area contributed by atoms with Crippen molar-refractivity contribution in [3.63, 3.8) is 0 Å². The minimum Gasteiger partial charge on any atom is -0.423 e. The van der Waals surface area contributed by atoms with Gasteiger partial charge in [0, 0.05) is 33.3 Å². The Morgan fingerprint density at radius 2 is 1.78 bits per heavy atom. The topological polar surface area (TPSA) is 89.0 Å². The van der Waals surface area contributed by atoms with E-state index >= 15 is 0 Å². The van der Waals surface area contributed by atoms with Crippen molar-refractivity contribution < 1.29 is 22.7 Å². The Morgan fingerprint density at radius 3 is 2.41 bits per heavy atom. The van der Waals surface area contributed by atoms with Crippen molar-refractivity contribution in [2.75, 3.05) is 32.1 Å². The number of nitrogens with zero attached hydrogens (tertiary/aromatic N) is 3. The van der Waals surface area contributed by atoms with Crippen molar-refractivity contribution in [2.45, 2.75) is 31.0 Å². The number of fused-ring (bicyclic) bond motifs is 1. The summed E-state index contributed by atoms with van der Waals surface area (Å²) in [4.78, 5) is 19.2. The molecule has 2 unspecified atom stereocenters. The Hall–Kier alpha value is -2.53. The number of hydrogen-bond donors (Lipinski definition) is 0. The van der Waals surface area contributed by atoms with Crippen LogP contribution in [0.15, 0.2) is 47.4 Å². The fourth-order valence-electron chi connectivity index (χ4n) is 3.55. The number of anilines is 1. The molecule has 0 saturated carbocycles. The van der Waals surface area contributed by atoms with Crippen LogP contribution in [-0.2, 0) is 14.8 Å². The van der Waals surface area contributed by atoms with E-state index in [0.717, 1.165) is 15.3 Å². The molecule has 1 aromatic heterocycles. The summed E-state index contributed by atoms with van der Waals surface area (Å²) in [6, 6.07) is 11.1. The van der Waals surface area contributed by atoms with Gasteiger partial charge in [0.2, 0.25) is 10.0 Å². The van der Waals surface area contributed by atoms with Crippen molar-refractivity contribution in [1.29, 1.82) is 0 Å². The average Bonchev–Trinajstić information content (AvgIpc) is 3.17. The van der Waals surface area contributed by atoms with Crippen LogP contribution >= 0.6 is 11.3 Å². The lowest BCUT2D eigenvalue weighted by Gasteiger charge is -2.34. The van der Waals surface area contributed by atoms with Crippen LogP contribution in [-0.4, -0.2) is 63.1 Å². The third-order valence-electron chi connectivity index (χ3n) is 5.06. The molecule has 0 spiro atoms. The van der Waals surface area contributed by atoms with Crippen LogP contribution in [0.2, 0.25) is 0 Å². The zero-order valence-electron chi connectivity index (χ0n) is 18.3. The van der Waals surface area contributed by atoms with Gasteiger partial charge in [0.05, 0.1) is 32.9 Å². The van der Waals surface area contributed by atoms with E-state index in [0.29, 0.717) is 18.8 Å². The van der Waals surface area contributed by atoms with Gasteiger partial charge < -0.3 is 14.4 Å². The second-order valence-electron chi connectivity index (χ2n) is 8.01. The molecule has 0 amide bonds. The number of benzene rings is 2. The SMILES string of the molecule is CC1CN(S(=O)(=O)c2ccc(C(=O)Oc3ccc4nc(N(C)C)sc4c3)cc2)CC(C)O1. The van der Waals surface area contributed by atoms with Gasteiger partial charge >= 0.3 is 5.97 Å². The monoisotopic (exact) mass is 475 g/mol. The number of carbonyl (C=O) groups is 1. The van der Waals surface area contributed by atoms with Gasteiger partial charge in [-0.25, -0.2) is 18.2 Å². The summed E-state index contributed by atoms with van der Waals surface area (Å²) in [7, 11) is 0.172. The molecule has 32 heavy (non-hydrogen) atoms. The highest BCUT2D eigenvalue weighted by molar-refractivity contribution is 7.89. The Balaban J connectivity index is 1.49. The van der Waals surface area contributed by atoms with E-state index in [2.05, 4.69) is 4.98 Å². The number of thiazole rings is 1. The first-order chi connectivity index (χ1) is 15.1. The number of morpholine rings is 1. The first kappa shape index (κ1) is 22.7. The summed E-state index contributed by atoms with van der Waals surface area (Å²) in [6.07, 6.45) is -0.347. The number of esters is 1. The molecule has 2 aromatic carbocycles. The summed E-state index contributed by atoms with van der Waals surface area (Å²) < 4.78 is 39.4. The molecule has 0 radical (unpaired) electrons. The fourth-order valence-corrected chi connectivity index (χ4v) is 6.06. The molecule has 170 valence electrons. The van der Waals surface area contributed by atoms with Crippen LogP contribution in [0.25, 0.3) is 10.2 Å². The van der Waals surface area contributed by atoms with Crippen LogP contribution in [0.1, 0.15) is 24.2 Å². The molecule has 8 nitrogen and oxygen atoms in total. The van der Waals surface area contributed by atoms with E-state index in [1.807, 2.05) is 32.8 Å². The average molecular weight is 476 g/mol. The van der Waals surface area contributed by atoms with Crippen LogP contribution < -0.4 is 9.64 Å². The summed E-state index contributed by atoms with van der Waals surface area (Å²) in [6.45, 7) is 4.29. The molecule has 1 aliphatic rings. The Labute approximate surface area is 191 Å². The van der Waals surface area contributed by atoms with Crippen LogP contribution in [0.5, 0.6) is 5.75 Å². The number of aromatic nitrogens is 1. The highest BCUT2D eigenvalue weighted by Crippen LogP contribution is 2.31. The van der Waals surface area contributed by atoms with E-state index < -0.39 is 16.0 Å². The van der Waals surface area contributed by atoms with Gasteiger partial charge in [-0.2, -0.15) is 4.31 Å². The Morgan fingerprint density at radius 1 is 1.12 bits per heavy atom. The maximum atomic E-state index is 13.0. The molecule has 1 aliphatic heterocycles. The standard InChI is InChI=1S/C22H25N3O5S2/c1-14-12-25(13-15(2)29-14)32(27,28)18-8-5-16(6-9-18)21(26)30-17-7-10-19-20(11-17)31-22(23-19)24(3)4/h5-11,14-15H,12-13H2,1-4H3. The maximum Gasteiger partial charge on any atom is 0.343 e. The van der Waals surface area contributed by atoms with Gasteiger partial charge in [0.1, 0.15) is 5.75 Å². The van der Waals surface area contributed by atoms with Gasteiger partial charge in [-0.15, -0.1) is 0 Å². The fraction of sp³-hybridized carbons (Fsp3) is 0.364. The maximum absolute atomic E-state index is 13.0. The molecule has 1 fully saturated rings. The first-order valence-electron chi connectivity index (χ1n) is 10.2. The lowest BCUT2D eigenvalue weighted by Crippen LogP contribution is -2.48. The second kappa shape index (κ2) is 8.78. The lowest BCUT2D eigenvalue weighted by atomic mass is 10.2. The predicted octanol–water partition coefficient (Wildman–Crippen LogP) is 3.38. The van der Waals surface area contributed by atoms with Crippen molar-refractivity contribution >= 4 is 42.7 Å². The van der Waals surface area contributed by atoms with E-state index in [4.69, 9.17) is 9.47 Å². The van der Waals surface area contributed by atoms with Gasteiger partial charge in [0.25, 0.3) is 0 Å². The van der Waals surface area contributed by atoms with Crippen molar-refractivity contribution in [1.82, 2.24) is 9.29 Å². The normalized spacial score (nSPS) is 19.8. The number of carbonyl (C=O) groups excluding carboxylic acids is 1. The smallest absolute Gasteiger partial charge is 0.343 e. The van der Waals surface area contributed by atoms with Crippen molar-refractivity contribution in [3.05, 3.63) is 48.0 Å². The highest BCUT2D eigenvalue weighted by Gasteiger charge is 2.32. The summed E-state index contributed by atoms with van der Waals surface area (Å²) in [5, 5.41) is 0.865. The second-order valence-corrected chi connectivity index (χ2v) is 11.0. The highest BCUT2D eigenvalue weighted by atomic mass is 32.2. The number of hydrogen-bond acceptors (Lipinski definition) is 8. The molecule has 0 N–H and O–H groups in total. The zero-order valence-corrected chi connectivity index (χ0v) is 19.9. The molecule has 2 heterocycles. The minimum atomic E-state index is -3.67. The summed E-state index contributed by atoms with van der Waals surface area (Å²) in [5.74, 6) is -0.149. The van der Waals surface area contributed by atoms with E-state index in [-0.39, 0.29) is 22.7 Å². The third-order valence-corrected chi connectivity index (χ3v) is 8.09. The van der Waals surface area contributed by atoms with Crippen LogP contribution in [0.4, 0.5) is 5.13 Å². The van der Waals surface area contributed by atoms with Crippen molar-refractivity contribution in [2.24, 2.45) is 0 Å². The zero-order chi connectivity index (χ0) is 23.0. The molecule has 4 rings (SSSR count). The molecular formula is C22H25N3O5S2. The van der Waals surface area contributed by atoms with E-state index in [1.165, 1.54) is 39.9 Å². The summed E-state index contributed by atoms with van der Waals surface area (Å²) in [5.41, 5.74) is 1.10. The molecular weight excluding hydrogens is 450 g/mol. The van der Waals surface area contributed by atoms with Crippen LogP contribution in [0, 0.1) is 0 Å². The lowest BCUT2D eigenvalue weighted by molar-refractivity contribution is -0.0440. The molecule has 0 aliphatic carbocycles. The number of sulfonamides is 1. The van der Waals surface area contributed by atoms with Gasteiger partial charge in [0.15, 0.2) is 5.13 Å². The predicted molar refractivity (Wildman–Crippen MR) is 124 cm³/mol. The quantitative estimate of drug-likeness (QED) is 0.413. The number of ether oxygens (including phenoxy) is 2. The Bertz CT molecular complexity index is 1230. The Kier molecular flexibility index (Phi) is 6.22. The molecule has 10 heteroatoms. The molecule has 0 bridgehead atoms. The summed E-state index contributed by atoms with van der Waals surface area (Å²) >= 11 is 1.50. The minimum absolute atomic E-state index is 0.137. The van der Waals surface area contributed by atoms with E-state index in [9.17, 15) is 13.2 Å². The van der Waals surface area contributed by atoms with Gasteiger partial charge in [-0.1, -0.05) is 11.3 Å². The van der Waals surface area contributed by atoms with Gasteiger partial charge in [-0.05, 0) is 50.2 Å². The third kappa shape index (κ3) is 4.63. The largest absolute Gasteiger partial charge is 0.423 e. The molecule has 1 saturated heterocycles. The molecule has 3 aromatic rings. The van der Waals surface area contributed by atoms with Crippen molar-refractivity contribution in [3.8, 4) is 5.75 Å². The van der Waals surface area contributed by atoms with Crippen LogP contribution in [0.3, 0.4) is 0 Å². The van der Waals surface area contributed by atoms with Gasteiger partial charge in [-0.3, -0.25) is 0 Å². The van der Waals surface area contributed by atoms with E-state index in [1.54, 1.807) is 18.2 Å². The number of rotatable bonds is 5. The first-order valence-corrected chi connectivity index (χ1v) is 12.4. The molecule has 2 atom stereocenters.